The second-order valence-electron chi connectivity index (χ2n) is 1.95. The first-order valence-corrected chi connectivity index (χ1v) is 7.37. The number of nitrogens with two attached hydrogens (primary N) is 1. The first-order valence-electron chi connectivity index (χ1n) is 2.93. The summed E-state index contributed by atoms with van der Waals surface area (Å²) in [6.45, 7) is 2.75. The standard InChI is InChI=1S/C4H9N.4O.Re/c1-2-4-5-3-1;;;;;/h5H,1-4H2;;;;;/q;;;;-1;/p+1. The van der Waals surface area contributed by atoms with Gasteiger partial charge in [0, 0.05) is 12.8 Å². The van der Waals surface area contributed by atoms with Gasteiger partial charge in [0.25, 0.3) is 0 Å². The predicted molar refractivity (Wildman–Crippen MR) is 23.0 cm³/mol. The van der Waals surface area contributed by atoms with Crippen LogP contribution in [0.1, 0.15) is 12.8 Å². The number of rotatable bonds is 0. The summed E-state index contributed by atoms with van der Waals surface area (Å²) in [7, 11) is 0. The van der Waals surface area contributed by atoms with E-state index in [1.807, 2.05) is 0 Å². The van der Waals surface area contributed by atoms with Gasteiger partial charge in [-0.25, -0.2) is 0 Å². The van der Waals surface area contributed by atoms with Gasteiger partial charge in [0.2, 0.25) is 0 Å². The summed E-state index contributed by atoms with van der Waals surface area (Å²) in [5.74, 6) is 0. The first kappa shape index (κ1) is 9.98. The average molecular weight is 322 g/mol. The normalized spacial score (nSPS) is 17.7. The Kier molecular flexibility index (Phi) is 4.74. The van der Waals surface area contributed by atoms with Gasteiger partial charge in [-0.05, 0) is 0 Å². The Morgan fingerprint density at radius 1 is 1.10 bits per heavy atom. The second-order valence-corrected chi connectivity index (χ2v) is 4.67. The molecule has 0 amide bonds. The molecule has 0 aromatic heterocycles. The van der Waals surface area contributed by atoms with Crippen LogP contribution in [0.15, 0.2) is 0 Å². The molecule has 62 valence electrons. The monoisotopic (exact) mass is 323 g/mol. The van der Waals surface area contributed by atoms with E-state index in [1.54, 1.807) is 0 Å². The fourth-order valence-electron chi connectivity index (χ4n) is 0.722. The molecule has 0 atom stereocenters. The number of quaternary nitrogens is 1. The molecule has 0 aromatic carbocycles. The number of hydrogen-bond acceptors (Lipinski definition) is 4. The van der Waals surface area contributed by atoms with Crippen LogP contribution in [0.4, 0.5) is 0 Å². The molecule has 10 heavy (non-hydrogen) atoms. The maximum absolute atomic E-state index is 8.64. The number of hydrogen-bond donors (Lipinski definition) is 1. The van der Waals surface area contributed by atoms with Crippen molar-refractivity contribution in [3.8, 4) is 0 Å². The average Bonchev–Trinajstić information content (AvgIpc) is 2.07. The van der Waals surface area contributed by atoms with Crippen molar-refractivity contribution in [2.75, 3.05) is 13.1 Å². The Morgan fingerprint density at radius 2 is 1.40 bits per heavy atom. The molecule has 0 radical (unpaired) electrons. The predicted octanol–water partition coefficient (Wildman–Crippen LogP) is -2.20. The molecule has 0 aromatic rings. The van der Waals surface area contributed by atoms with E-state index in [4.69, 9.17) is 14.2 Å². The summed E-state index contributed by atoms with van der Waals surface area (Å²) < 4.78 is 34.6. The van der Waals surface area contributed by atoms with Gasteiger partial charge in [-0.1, -0.05) is 0 Å². The molecular weight excluding hydrogens is 312 g/mol. The van der Waals surface area contributed by atoms with Crippen LogP contribution in [0.25, 0.3) is 0 Å². The molecule has 0 aliphatic carbocycles. The molecule has 6 heteroatoms. The quantitative estimate of drug-likeness (QED) is 0.548. The van der Waals surface area contributed by atoms with Crippen LogP contribution < -0.4 is 9.15 Å². The molecule has 1 heterocycles. The minimum atomic E-state index is -6.11. The molecule has 2 N–H and O–H groups in total. The van der Waals surface area contributed by atoms with Crippen molar-refractivity contribution >= 4 is 0 Å². The third kappa shape index (κ3) is 15.7. The zero-order valence-electron chi connectivity index (χ0n) is 5.42. The van der Waals surface area contributed by atoms with Gasteiger partial charge in [-0.15, -0.1) is 0 Å². The van der Waals surface area contributed by atoms with Crippen LogP contribution in [-0.4, -0.2) is 13.1 Å². The summed E-state index contributed by atoms with van der Waals surface area (Å²) in [6.07, 6.45) is 2.89. The van der Waals surface area contributed by atoms with E-state index in [-0.39, 0.29) is 0 Å². The molecule has 0 bridgehead atoms. The zero-order valence-corrected chi connectivity index (χ0v) is 8.13. The van der Waals surface area contributed by atoms with Crippen molar-refractivity contribution in [2.24, 2.45) is 0 Å². The van der Waals surface area contributed by atoms with Crippen LogP contribution in [0.5, 0.6) is 0 Å². The third-order valence-corrected chi connectivity index (χ3v) is 1.07. The zero-order chi connectivity index (χ0) is 8.04. The molecule has 0 unspecified atom stereocenters. The second kappa shape index (κ2) is 4.75. The van der Waals surface area contributed by atoms with Gasteiger partial charge in [0.1, 0.15) is 0 Å². The van der Waals surface area contributed by atoms with Gasteiger partial charge in [-0.2, -0.15) is 0 Å². The Bertz CT molecular complexity index is 187. The van der Waals surface area contributed by atoms with Crippen molar-refractivity contribution in [1.82, 2.24) is 0 Å². The van der Waals surface area contributed by atoms with Crippen LogP contribution >= 0.6 is 0 Å². The van der Waals surface area contributed by atoms with Crippen LogP contribution in [0.2, 0.25) is 0 Å². The van der Waals surface area contributed by atoms with E-state index in [9.17, 15) is 0 Å². The fraction of sp³-hybridized carbons (Fsp3) is 1.00. The van der Waals surface area contributed by atoms with Crippen molar-refractivity contribution < 1.29 is 35.3 Å². The summed E-state index contributed by atoms with van der Waals surface area (Å²) in [5.41, 5.74) is 0. The summed E-state index contributed by atoms with van der Waals surface area (Å²) in [5, 5.41) is 2.36. The Hall–Kier alpha value is -0.0177. The first-order chi connectivity index (χ1) is 4.50. The van der Waals surface area contributed by atoms with E-state index in [1.165, 1.54) is 25.9 Å². The fourth-order valence-corrected chi connectivity index (χ4v) is 0.722. The molecule has 1 rings (SSSR count). The summed E-state index contributed by atoms with van der Waals surface area (Å²) >= 11 is -6.11. The van der Waals surface area contributed by atoms with Crippen LogP contribution in [0.3, 0.4) is 0 Å². The topological polar surface area (TPSA) is 90.9 Å². The maximum atomic E-state index is 8.64. The van der Waals surface area contributed by atoms with Crippen LogP contribution in [0, 0.1) is 0 Å². The Labute approximate surface area is 61.8 Å². The van der Waals surface area contributed by atoms with E-state index in [2.05, 4.69) is 5.32 Å². The van der Waals surface area contributed by atoms with E-state index < -0.39 is 15.8 Å². The molecule has 0 spiro atoms. The van der Waals surface area contributed by atoms with Crippen molar-refractivity contribution in [3.05, 3.63) is 0 Å². The molecular formula is C4H10NO4Re. The van der Waals surface area contributed by atoms with E-state index in [0.29, 0.717) is 0 Å². The summed E-state index contributed by atoms with van der Waals surface area (Å²) in [6, 6.07) is 0. The van der Waals surface area contributed by atoms with Gasteiger partial charge in [-0.3, -0.25) is 0 Å². The molecule has 1 aliphatic heterocycles. The molecule has 5 nitrogen and oxygen atoms in total. The van der Waals surface area contributed by atoms with Crippen molar-refractivity contribution in [2.45, 2.75) is 12.8 Å². The Balaban J connectivity index is 0.000000162. The van der Waals surface area contributed by atoms with Gasteiger partial charge < -0.3 is 5.32 Å². The van der Waals surface area contributed by atoms with E-state index >= 15 is 0 Å². The van der Waals surface area contributed by atoms with Crippen molar-refractivity contribution in [1.29, 1.82) is 0 Å². The van der Waals surface area contributed by atoms with Crippen molar-refractivity contribution in [3.63, 3.8) is 0 Å². The van der Waals surface area contributed by atoms with Gasteiger partial charge in [0.05, 0.1) is 13.1 Å². The molecule has 1 saturated heterocycles. The summed E-state index contributed by atoms with van der Waals surface area (Å²) in [4.78, 5) is 0. The molecule has 1 fully saturated rings. The third-order valence-electron chi connectivity index (χ3n) is 1.07. The molecule has 1 aliphatic rings. The van der Waals surface area contributed by atoms with Crippen LogP contribution in [-0.2, 0) is 26.2 Å². The van der Waals surface area contributed by atoms with Gasteiger partial charge in [0.15, 0.2) is 0 Å². The minimum absolute atomic E-state index is 1.38. The van der Waals surface area contributed by atoms with E-state index in [0.717, 1.165) is 0 Å². The SMILES string of the molecule is C1CC[NH2+]C1.[O]=[Re](=[O])(=[O])[O-]. The molecule has 0 saturated carbocycles. The van der Waals surface area contributed by atoms with Gasteiger partial charge >= 0.3 is 30.0 Å². The Morgan fingerprint density at radius 3 is 1.50 bits per heavy atom.